The first-order chi connectivity index (χ1) is 11.0. The highest BCUT2D eigenvalue weighted by Gasteiger charge is 2.16. The standard InChI is InChI=1S/C15H27N5O2S/c1-5-16-12-17-13(20-15(2,3)4)19-14(18-12)23-10-7-11-21-8-6-9-22-11/h11H,5-10H2,1-4H3,(H2,16,17,18,19,20). The quantitative estimate of drug-likeness (QED) is 0.733. The van der Waals surface area contributed by atoms with Crippen LogP contribution in [0, 0.1) is 0 Å². The van der Waals surface area contributed by atoms with Crippen molar-refractivity contribution in [2.75, 3.05) is 36.1 Å². The SMILES string of the molecule is CCNc1nc(NC(C)(C)C)nc(SCCC2OCCCO2)n1. The zero-order chi connectivity index (χ0) is 16.7. The van der Waals surface area contributed by atoms with Crippen molar-refractivity contribution in [1.82, 2.24) is 15.0 Å². The number of rotatable bonds is 7. The molecule has 23 heavy (non-hydrogen) atoms. The van der Waals surface area contributed by atoms with Gasteiger partial charge in [-0.15, -0.1) is 0 Å². The second kappa shape index (κ2) is 8.65. The molecule has 0 saturated carbocycles. The van der Waals surface area contributed by atoms with Crippen molar-refractivity contribution in [3.8, 4) is 0 Å². The molecule has 1 saturated heterocycles. The Morgan fingerprint density at radius 1 is 1.13 bits per heavy atom. The molecule has 0 atom stereocenters. The fraction of sp³-hybridized carbons (Fsp3) is 0.800. The van der Waals surface area contributed by atoms with Crippen LogP contribution < -0.4 is 10.6 Å². The lowest BCUT2D eigenvalue weighted by Crippen LogP contribution is -2.28. The fourth-order valence-electron chi connectivity index (χ4n) is 2.00. The van der Waals surface area contributed by atoms with Crippen LogP contribution in [0.3, 0.4) is 0 Å². The second-order valence-electron chi connectivity index (χ2n) is 6.33. The molecule has 7 nitrogen and oxygen atoms in total. The Balaban J connectivity index is 1.95. The van der Waals surface area contributed by atoms with E-state index < -0.39 is 0 Å². The van der Waals surface area contributed by atoms with Crippen LogP contribution in [0.1, 0.15) is 40.5 Å². The van der Waals surface area contributed by atoms with Crippen LogP contribution in [0.25, 0.3) is 0 Å². The van der Waals surface area contributed by atoms with Gasteiger partial charge in [-0.1, -0.05) is 11.8 Å². The molecule has 1 aliphatic heterocycles. The maximum absolute atomic E-state index is 5.55. The molecule has 2 N–H and O–H groups in total. The summed E-state index contributed by atoms with van der Waals surface area (Å²) < 4.78 is 11.1. The second-order valence-corrected chi connectivity index (χ2v) is 7.39. The minimum Gasteiger partial charge on any atom is -0.354 e. The van der Waals surface area contributed by atoms with Gasteiger partial charge in [-0.25, -0.2) is 0 Å². The first-order valence-electron chi connectivity index (χ1n) is 8.10. The van der Waals surface area contributed by atoms with Gasteiger partial charge in [0.1, 0.15) is 0 Å². The van der Waals surface area contributed by atoms with E-state index in [0.29, 0.717) is 17.1 Å². The normalized spacial score (nSPS) is 16.3. The van der Waals surface area contributed by atoms with Crippen molar-refractivity contribution in [1.29, 1.82) is 0 Å². The summed E-state index contributed by atoms with van der Waals surface area (Å²) in [5, 5.41) is 7.15. The van der Waals surface area contributed by atoms with Gasteiger partial charge in [-0.05, 0) is 34.1 Å². The maximum atomic E-state index is 5.55. The summed E-state index contributed by atoms with van der Waals surface area (Å²) in [5.74, 6) is 2.04. The van der Waals surface area contributed by atoms with E-state index in [2.05, 4.69) is 46.4 Å². The number of anilines is 2. The molecule has 1 aliphatic rings. The van der Waals surface area contributed by atoms with Crippen molar-refractivity contribution in [2.24, 2.45) is 0 Å². The van der Waals surface area contributed by atoms with Crippen LogP contribution in [0.4, 0.5) is 11.9 Å². The number of thioether (sulfide) groups is 1. The summed E-state index contributed by atoms with van der Waals surface area (Å²) in [6, 6.07) is 0. The Morgan fingerprint density at radius 3 is 2.48 bits per heavy atom. The van der Waals surface area contributed by atoms with Crippen LogP contribution in [-0.2, 0) is 9.47 Å². The van der Waals surface area contributed by atoms with E-state index in [-0.39, 0.29) is 11.8 Å². The number of hydrogen-bond donors (Lipinski definition) is 2. The summed E-state index contributed by atoms with van der Waals surface area (Å²) in [4.78, 5) is 13.3. The third kappa shape index (κ3) is 6.88. The molecular formula is C15H27N5O2S. The zero-order valence-corrected chi connectivity index (χ0v) is 15.2. The van der Waals surface area contributed by atoms with Gasteiger partial charge in [-0.2, -0.15) is 15.0 Å². The summed E-state index contributed by atoms with van der Waals surface area (Å²) in [7, 11) is 0. The molecule has 1 aromatic heterocycles. The predicted molar refractivity (Wildman–Crippen MR) is 93.0 cm³/mol. The van der Waals surface area contributed by atoms with Gasteiger partial charge in [-0.3, -0.25) is 0 Å². The first-order valence-corrected chi connectivity index (χ1v) is 9.09. The average molecular weight is 341 g/mol. The Morgan fingerprint density at radius 2 is 1.83 bits per heavy atom. The van der Waals surface area contributed by atoms with E-state index in [4.69, 9.17) is 9.47 Å². The summed E-state index contributed by atoms with van der Waals surface area (Å²) in [6.45, 7) is 10.6. The third-order valence-electron chi connectivity index (χ3n) is 2.92. The van der Waals surface area contributed by atoms with Gasteiger partial charge >= 0.3 is 0 Å². The molecule has 2 heterocycles. The van der Waals surface area contributed by atoms with Gasteiger partial charge in [0.2, 0.25) is 11.9 Å². The predicted octanol–water partition coefficient (Wildman–Crippen LogP) is 2.76. The summed E-state index contributed by atoms with van der Waals surface area (Å²) in [5.41, 5.74) is -0.101. The van der Waals surface area contributed by atoms with Crippen LogP contribution in [0.15, 0.2) is 5.16 Å². The molecule has 1 aromatic rings. The third-order valence-corrected chi connectivity index (χ3v) is 3.80. The van der Waals surface area contributed by atoms with Crippen molar-refractivity contribution in [3.05, 3.63) is 0 Å². The van der Waals surface area contributed by atoms with Gasteiger partial charge < -0.3 is 20.1 Å². The number of ether oxygens (including phenoxy) is 2. The van der Waals surface area contributed by atoms with Crippen molar-refractivity contribution in [3.63, 3.8) is 0 Å². The Kier molecular flexibility index (Phi) is 6.86. The smallest absolute Gasteiger partial charge is 0.228 e. The van der Waals surface area contributed by atoms with Gasteiger partial charge in [0.05, 0.1) is 13.2 Å². The lowest BCUT2D eigenvalue weighted by molar-refractivity contribution is -0.178. The van der Waals surface area contributed by atoms with Crippen molar-refractivity contribution >= 4 is 23.7 Å². The molecule has 0 spiro atoms. The van der Waals surface area contributed by atoms with E-state index in [9.17, 15) is 0 Å². The fourth-order valence-corrected chi connectivity index (χ4v) is 2.79. The molecule has 2 rings (SSSR count). The Hall–Kier alpha value is -1.12. The Labute approximate surface area is 142 Å². The molecular weight excluding hydrogens is 314 g/mol. The molecule has 0 amide bonds. The first kappa shape index (κ1) is 18.2. The lowest BCUT2D eigenvalue weighted by atomic mass is 10.1. The van der Waals surface area contributed by atoms with Gasteiger partial charge in [0, 0.05) is 24.3 Å². The molecule has 0 aliphatic carbocycles. The lowest BCUT2D eigenvalue weighted by Gasteiger charge is -2.23. The molecule has 8 heteroatoms. The van der Waals surface area contributed by atoms with E-state index >= 15 is 0 Å². The number of hydrogen-bond acceptors (Lipinski definition) is 8. The van der Waals surface area contributed by atoms with E-state index in [1.54, 1.807) is 11.8 Å². The van der Waals surface area contributed by atoms with Crippen molar-refractivity contribution < 1.29 is 9.47 Å². The van der Waals surface area contributed by atoms with E-state index in [1.165, 1.54) is 0 Å². The molecule has 0 bridgehead atoms. The highest BCUT2D eigenvalue weighted by Crippen LogP contribution is 2.21. The average Bonchev–Trinajstić information content (AvgIpc) is 2.47. The molecule has 130 valence electrons. The van der Waals surface area contributed by atoms with E-state index in [0.717, 1.165) is 38.4 Å². The van der Waals surface area contributed by atoms with Gasteiger partial charge in [0.15, 0.2) is 11.4 Å². The minimum atomic E-state index is -0.101. The minimum absolute atomic E-state index is 0.0986. The van der Waals surface area contributed by atoms with E-state index in [1.807, 2.05) is 6.92 Å². The number of nitrogens with zero attached hydrogens (tertiary/aromatic N) is 3. The molecule has 1 fully saturated rings. The Bertz CT molecular complexity index is 489. The van der Waals surface area contributed by atoms with Crippen LogP contribution in [0.5, 0.6) is 0 Å². The van der Waals surface area contributed by atoms with Crippen LogP contribution in [-0.4, -0.2) is 52.3 Å². The largest absolute Gasteiger partial charge is 0.354 e. The highest BCUT2D eigenvalue weighted by molar-refractivity contribution is 7.99. The number of nitrogens with one attached hydrogen (secondary N) is 2. The highest BCUT2D eigenvalue weighted by atomic mass is 32.2. The number of aromatic nitrogens is 3. The van der Waals surface area contributed by atoms with Crippen LogP contribution in [0.2, 0.25) is 0 Å². The maximum Gasteiger partial charge on any atom is 0.228 e. The summed E-state index contributed by atoms with van der Waals surface area (Å²) >= 11 is 1.59. The zero-order valence-electron chi connectivity index (χ0n) is 14.4. The molecule has 0 aromatic carbocycles. The van der Waals surface area contributed by atoms with Crippen molar-refractivity contribution in [2.45, 2.75) is 57.5 Å². The van der Waals surface area contributed by atoms with Crippen LogP contribution >= 0.6 is 11.8 Å². The summed E-state index contributed by atoms with van der Waals surface area (Å²) in [6.07, 6.45) is 1.71. The van der Waals surface area contributed by atoms with Gasteiger partial charge in [0.25, 0.3) is 0 Å². The monoisotopic (exact) mass is 341 g/mol. The molecule has 0 radical (unpaired) electrons. The topological polar surface area (TPSA) is 81.2 Å². The molecule has 0 unspecified atom stereocenters.